The first-order valence-corrected chi connectivity index (χ1v) is 6.83. The molecule has 1 aromatic carbocycles. The highest BCUT2D eigenvalue weighted by Crippen LogP contribution is 2.35. The Balaban J connectivity index is 2.21. The maximum atomic E-state index is 12.6. The van der Waals surface area contributed by atoms with Crippen LogP contribution < -0.4 is 5.32 Å². The van der Waals surface area contributed by atoms with E-state index in [1.54, 1.807) is 5.38 Å². The van der Waals surface area contributed by atoms with Crippen molar-refractivity contribution in [2.75, 3.05) is 5.32 Å². The van der Waals surface area contributed by atoms with Gasteiger partial charge in [0.05, 0.1) is 29.3 Å². The number of aliphatic hydroxyl groups excluding tert-OH is 1. The average molecular weight is 333 g/mol. The predicted octanol–water partition coefficient (Wildman–Crippen LogP) is 3.17. The quantitative estimate of drug-likeness (QED) is 0.648. The van der Waals surface area contributed by atoms with Gasteiger partial charge in [0.2, 0.25) is 0 Å². The maximum absolute atomic E-state index is 12.6. The minimum Gasteiger partial charge on any atom is -0.390 e. The summed E-state index contributed by atoms with van der Waals surface area (Å²) in [5.41, 5.74) is -1.31. The van der Waals surface area contributed by atoms with E-state index in [0.29, 0.717) is 16.8 Å². The first kappa shape index (κ1) is 16.2. The third-order valence-electron chi connectivity index (χ3n) is 2.71. The van der Waals surface area contributed by atoms with Crippen LogP contribution in [0, 0.1) is 10.1 Å². The summed E-state index contributed by atoms with van der Waals surface area (Å²) in [6.07, 6.45) is -4.64. The van der Waals surface area contributed by atoms with Gasteiger partial charge in [0.15, 0.2) is 0 Å². The topological polar surface area (TPSA) is 88.3 Å². The van der Waals surface area contributed by atoms with Gasteiger partial charge in [-0.1, -0.05) is 0 Å². The van der Waals surface area contributed by atoms with Crippen LogP contribution in [0.15, 0.2) is 23.6 Å². The Hall–Kier alpha value is -2.20. The van der Waals surface area contributed by atoms with Gasteiger partial charge in [0, 0.05) is 11.4 Å². The Bertz CT molecular complexity index is 688. The Labute approximate surface area is 126 Å². The number of rotatable bonds is 5. The largest absolute Gasteiger partial charge is 0.416 e. The highest BCUT2D eigenvalue weighted by Gasteiger charge is 2.33. The summed E-state index contributed by atoms with van der Waals surface area (Å²) in [5.74, 6) is 0. The van der Waals surface area contributed by atoms with Crippen molar-refractivity contribution in [1.82, 2.24) is 4.98 Å². The third kappa shape index (κ3) is 3.71. The summed E-state index contributed by atoms with van der Waals surface area (Å²) in [5, 5.41) is 24.7. The molecule has 0 unspecified atom stereocenters. The van der Waals surface area contributed by atoms with E-state index in [1.165, 1.54) is 11.3 Å². The number of hydrogen-bond acceptors (Lipinski definition) is 6. The molecule has 10 heteroatoms. The molecule has 118 valence electrons. The van der Waals surface area contributed by atoms with Crippen molar-refractivity contribution >= 4 is 22.7 Å². The van der Waals surface area contributed by atoms with E-state index in [2.05, 4.69) is 10.3 Å². The number of nitrogens with zero attached hydrogens (tertiary/aromatic N) is 2. The fraction of sp³-hybridized carbons (Fsp3) is 0.250. The minimum atomic E-state index is -4.64. The number of halogens is 3. The summed E-state index contributed by atoms with van der Waals surface area (Å²) in [4.78, 5) is 14.1. The number of nitrogens with one attached hydrogen (secondary N) is 1. The molecule has 6 nitrogen and oxygen atoms in total. The van der Waals surface area contributed by atoms with Crippen LogP contribution in [0.25, 0.3) is 0 Å². The number of benzene rings is 1. The van der Waals surface area contributed by atoms with Crippen LogP contribution in [0.1, 0.15) is 16.3 Å². The minimum absolute atomic E-state index is 0.0289. The smallest absolute Gasteiger partial charge is 0.390 e. The molecule has 0 saturated heterocycles. The number of alkyl halides is 3. The normalized spacial score (nSPS) is 11.5. The predicted molar refractivity (Wildman–Crippen MR) is 73.5 cm³/mol. The van der Waals surface area contributed by atoms with Gasteiger partial charge in [0.1, 0.15) is 10.7 Å². The molecule has 0 aliphatic rings. The Kier molecular flexibility index (Phi) is 4.62. The number of hydrogen-bond donors (Lipinski definition) is 2. The summed E-state index contributed by atoms with van der Waals surface area (Å²) >= 11 is 1.23. The highest BCUT2D eigenvalue weighted by atomic mass is 32.1. The van der Waals surface area contributed by atoms with Crippen LogP contribution in [0.5, 0.6) is 0 Å². The Morgan fingerprint density at radius 1 is 1.41 bits per heavy atom. The van der Waals surface area contributed by atoms with Crippen molar-refractivity contribution in [2.24, 2.45) is 0 Å². The molecule has 1 heterocycles. The van der Waals surface area contributed by atoms with E-state index in [4.69, 9.17) is 5.11 Å². The second-order valence-electron chi connectivity index (χ2n) is 4.23. The number of anilines is 1. The van der Waals surface area contributed by atoms with Gasteiger partial charge < -0.3 is 10.4 Å². The highest BCUT2D eigenvalue weighted by molar-refractivity contribution is 7.09. The molecule has 0 saturated carbocycles. The monoisotopic (exact) mass is 333 g/mol. The lowest BCUT2D eigenvalue weighted by Gasteiger charge is -2.09. The molecule has 0 aliphatic carbocycles. The molecular weight excluding hydrogens is 323 g/mol. The first-order valence-electron chi connectivity index (χ1n) is 5.95. The zero-order valence-electron chi connectivity index (χ0n) is 10.9. The molecular formula is C12H10F3N3O3S. The lowest BCUT2D eigenvalue weighted by atomic mass is 10.1. The van der Waals surface area contributed by atoms with Crippen LogP contribution >= 0.6 is 11.3 Å². The van der Waals surface area contributed by atoms with Crippen LogP contribution in [-0.2, 0) is 19.3 Å². The second-order valence-corrected chi connectivity index (χ2v) is 5.17. The number of aromatic nitrogens is 1. The van der Waals surface area contributed by atoms with Gasteiger partial charge in [-0.15, -0.1) is 11.3 Å². The molecule has 0 bridgehead atoms. The van der Waals surface area contributed by atoms with Gasteiger partial charge in [-0.2, -0.15) is 13.2 Å². The Morgan fingerprint density at radius 3 is 2.68 bits per heavy atom. The lowest BCUT2D eigenvalue weighted by Crippen LogP contribution is -2.08. The maximum Gasteiger partial charge on any atom is 0.416 e. The molecule has 1 aromatic heterocycles. The number of thiazole rings is 1. The molecule has 2 rings (SSSR count). The zero-order chi connectivity index (χ0) is 16.3. The molecule has 2 aromatic rings. The molecule has 0 spiro atoms. The van der Waals surface area contributed by atoms with Crippen molar-refractivity contribution in [2.45, 2.75) is 19.3 Å². The fourth-order valence-corrected chi connectivity index (χ4v) is 2.41. The molecule has 0 radical (unpaired) electrons. The van der Waals surface area contributed by atoms with Crippen molar-refractivity contribution in [3.05, 3.63) is 50.0 Å². The fourth-order valence-electron chi connectivity index (χ4n) is 1.68. The summed E-state index contributed by atoms with van der Waals surface area (Å²) < 4.78 is 37.7. The third-order valence-corrected chi connectivity index (χ3v) is 3.61. The van der Waals surface area contributed by atoms with Gasteiger partial charge >= 0.3 is 6.18 Å². The van der Waals surface area contributed by atoms with Crippen LogP contribution in [-0.4, -0.2) is 15.0 Å². The number of nitro benzene ring substituents is 1. The van der Waals surface area contributed by atoms with Gasteiger partial charge in [-0.25, -0.2) is 4.98 Å². The standard InChI is InChI=1S/C12H10F3N3O3S/c13-12(14,15)7-1-2-9(10(3-7)18(20)21)16-4-11-17-8(5-19)6-22-11/h1-3,6,16,19H,4-5H2. The van der Waals surface area contributed by atoms with Crippen LogP contribution in [0.4, 0.5) is 24.5 Å². The van der Waals surface area contributed by atoms with Crippen molar-refractivity contribution in [1.29, 1.82) is 0 Å². The Morgan fingerprint density at radius 2 is 2.14 bits per heavy atom. The van der Waals surface area contributed by atoms with E-state index in [1.807, 2.05) is 0 Å². The lowest BCUT2D eigenvalue weighted by molar-refractivity contribution is -0.384. The average Bonchev–Trinajstić information content (AvgIpc) is 2.91. The molecule has 0 fully saturated rings. The van der Waals surface area contributed by atoms with Crippen molar-refractivity contribution < 1.29 is 23.2 Å². The molecule has 2 N–H and O–H groups in total. The summed E-state index contributed by atoms with van der Waals surface area (Å²) in [7, 11) is 0. The molecule has 0 aliphatic heterocycles. The van der Waals surface area contributed by atoms with E-state index >= 15 is 0 Å². The van der Waals surface area contributed by atoms with E-state index in [9.17, 15) is 23.3 Å². The van der Waals surface area contributed by atoms with Gasteiger partial charge in [-0.3, -0.25) is 10.1 Å². The second kappa shape index (κ2) is 6.28. The van der Waals surface area contributed by atoms with Crippen molar-refractivity contribution in [3.63, 3.8) is 0 Å². The van der Waals surface area contributed by atoms with Crippen molar-refractivity contribution in [3.8, 4) is 0 Å². The summed E-state index contributed by atoms with van der Waals surface area (Å²) in [6, 6.07) is 2.28. The summed E-state index contributed by atoms with van der Waals surface area (Å²) in [6.45, 7) is -0.117. The van der Waals surface area contributed by atoms with E-state index < -0.39 is 22.4 Å². The molecule has 22 heavy (non-hydrogen) atoms. The molecule has 0 atom stereocenters. The zero-order valence-corrected chi connectivity index (χ0v) is 11.7. The van der Waals surface area contributed by atoms with Gasteiger partial charge in [0.25, 0.3) is 5.69 Å². The van der Waals surface area contributed by atoms with E-state index in [0.717, 1.165) is 12.1 Å². The molecule has 0 amide bonds. The van der Waals surface area contributed by atoms with Gasteiger partial charge in [-0.05, 0) is 12.1 Å². The SMILES string of the molecule is O=[N+]([O-])c1cc(C(F)(F)F)ccc1NCc1nc(CO)cs1. The first-order chi connectivity index (χ1) is 10.3. The van der Waals surface area contributed by atoms with Crippen LogP contribution in [0.2, 0.25) is 0 Å². The van der Waals surface area contributed by atoms with Crippen LogP contribution in [0.3, 0.4) is 0 Å². The number of aliphatic hydroxyl groups is 1. The van der Waals surface area contributed by atoms with E-state index in [-0.39, 0.29) is 18.8 Å². The number of nitro groups is 1.